The van der Waals surface area contributed by atoms with E-state index in [4.69, 9.17) is 10.4 Å². The predicted octanol–water partition coefficient (Wildman–Crippen LogP) is 2.61. The molecule has 98 valence electrons. The number of nitrogens with zero attached hydrogens (tertiary/aromatic N) is 2. The first kappa shape index (κ1) is 13.8. The molecule has 19 heavy (non-hydrogen) atoms. The van der Waals surface area contributed by atoms with E-state index >= 15 is 0 Å². The average molecular weight is 272 g/mol. The predicted molar refractivity (Wildman–Crippen MR) is 76.7 cm³/mol. The zero-order valence-corrected chi connectivity index (χ0v) is 11.4. The molecule has 0 bridgehead atoms. The van der Waals surface area contributed by atoms with Crippen molar-refractivity contribution in [1.29, 1.82) is 5.26 Å². The van der Waals surface area contributed by atoms with E-state index in [1.807, 2.05) is 29.6 Å². The van der Waals surface area contributed by atoms with Gasteiger partial charge in [0.05, 0.1) is 12.2 Å². The van der Waals surface area contributed by atoms with E-state index < -0.39 is 0 Å². The molecule has 2 aromatic rings. The monoisotopic (exact) mass is 272 g/mol. The van der Waals surface area contributed by atoms with Gasteiger partial charge in [-0.1, -0.05) is 30.3 Å². The quantitative estimate of drug-likeness (QED) is 0.879. The Morgan fingerprint density at radius 2 is 2.00 bits per heavy atom. The van der Waals surface area contributed by atoms with E-state index in [2.05, 4.69) is 23.1 Å². The van der Waals surface area contributed by atoms with Crippen LogP contribution in [-0.4, -0.2) is 23.2 Å². The summed E-state index contributed by atoms with van der Waals surface area (Å²) in [5, 5.41) is 19.9. The largest absolute Gasteiger partial charge is 0.395 e. The number of hydrogen-bond acceptors (Lipinski definition) is 4. The lowest BCUT2D eigenvalue weighted by Crippen LogP contribution is -2.25. The van der Waals surface area contributed by atoms with Crippen LogP contribution in [0.1, 0.15) is 16.0 Å². The van der Waals surface area contributed by atoms with Gasteiger partial charge in [-0.05, 0) is 11.6 Å². The number of benzene rings is 1. The van der Waals surface area contributed by atoms with Crippen LogP contribution >= 0.6 is 11.3 Å². The Bertz CT molecular complexity index is 545. The summed E-state index contributed by atoms with van der Waals surface area (Å²) < 4.78 is 0. The van der Waals surface area contributed by atoms with Crippen molar-refractivity contribution in [2.75, 3.05) is 13.2 Å². The zero-order chi connectivity index (χ0) is 13.5. The minimum atomic E-state index is 0.142. The molecule has 2 rings (SSSR count). The second-order valence-corrected chi connectivity index (χ2v) is 5.33. The molecule has 0 atom stereocenters. The third-order valence-corrected chi connectivity index (χ3v) is 3.75. The van der Waals surface area contributed by atoms with Crippen molar-refractivity contribution in [3.63, 3.8) is 0 Å². The maximum atomic E-state index is 9.15. The molecule has 0 aliphatic carbocycles. The summed E-state index contributed by atoms with van der Waals surface area (Å²) in [7, 11) is 0. The van der Waals surface area contributed by atoms with Crippen molar-refractivity contribution >= 4 is 11.3 Å². The average Bonchev–Trinajstić information content (AvgIpc) is 2.88. The molecular weight excluding hydrogens is 256 g/mol. The van der Waals surface area contributed by atoms with Gasteiger partial charge in [0.25, 0.3) is 0 Å². The highest BCUT2D eigenvalue weighted by atomic mass is 32.1. The first-order chi connectivity index (χ1) is 9.31. The second kappa shape index (κ2) is 7.05. The Kier molecular flexibility index (Phi) is 5.10. The Morgan fingerprint density at radius 1 is 1.21 bits per heavy atom. The number of rotatable bonds is 6. The molecular formula is C15H16N2OS. The molecule has 0 spiro atoms. The fraction of sp³-hybridized carbons (Fsp3) is 0.267. The SMILES string of the molecule is N#Cc1csc(CN(CCO)Cc2ccccc2)c1. The van der Waals surface area contributed by atoms with Gasteiger partial charge >= 0.3 is 0 Å². The molecule has 0 unspecified atom stereocenters. The number of hydrogen-bond donors (Lipinski definition) is 1. The number of thiophene rings is 1. The van der Waals surface area contributed by atoms with Crippen LogP contribution in [-0.2, 0) is 13.1 Å². The summed E-state index contributed by atoms with van der Waals surface area (Å²) >= 11 is 1.59. The van der Waals surface area contributed by atoms with Crippen molar-refractivity contribution < 1.29 is 5.11 Å². The summed E-state index contributed by atoms with van der Waals surface area (Å²) in [5.41, 5.74) is 1.94. The van der Waals surface area contributed by atoms with Gasteiger partial charge in [-0.3, -0.25) is 4.90 Å². The fourth-order valence-corrected chi connectivity index (χ4v) is 2.79. The van der Waals surface area contributed by atoms with Gasteiger partial charge in [0.15, 0.2) is 0 Å². The van der Waals surface area contributed by atoms with Crippen molar-refractivity contribution in [2.45, 2.75) is 13.1 Å². The zero-order valence-electron chi connectivity index (χ0n) is 10.6. The van der Waals surface area contributed by atoms with E-state index in [-0.39, 0.29) is 6.61 Å². The standard InChI is InChI=1S/C15H16N2OS/c16-9-14-8-15(19-12-14)11-17(6-7-18)10-13-4-2-1-3-5-13/h1-5,8,12,18H,6-7,10-11H2. The molecule has 0 aliphatic rings. The van der Waals surface area contributed by atoms with Gasteiger partial charge < -0.3 is 5.11 Å². The molecule has 0 fully saturated rings. The van der Waals surface area contributed by atoms with Gasteiger partial charge in [0, 0.05) is 29.9 Å². The molecule has 4 heteroatoms. The van der Waals surface area contributed by atoms with Crippen LogP contribution in [0.5, 0.6) is 0 Å². The molecule has 0 aliphatic heterocycles. The first-order valence-electron chi connectivity index (χ1n) is 6.16. The van der Waals surface area contributed by atoms with Gasteiger partial charge in [0.2, 0.25) is 0 Å². The maximum Gasteiger partial charge on any atom is 0.100 e. The lowest BCUT2D eigenvalue weighted by molar-refractivity contribution is 0.185. The van der Waals surface area contributed by atoms with Gasteiger partial charge in [-0.2, -0.15) is 5.26 Å². The minimum Gasteiger partial charge on any atom is -0.395 e. The van der Waals surface area contributed by atoms with Crippen LogP contribution in [0.15, 0.2) is 41.8 Å². The smallest absolute Gasteiger partial charge is 0.100 e. The van der Waals surface area contributed by atoms with Gasteiger partial charge in [0.1, 0.15) is 6.07 Å². The fourth-order valence-electron chi connectivity index (χ4n) is 1.94. The molecule has 1 heterocycles. The number of aliphatic hydroxyl groups excluding tert-OH is 1. The molecule has 0 saturated heterocycles. The molecule has 1 aromatic heterocycles. The van der Waals surface area contributed by atoms with Crippen molar-refractivity contribution in [3.05, 3.63) is 57.8 Å². The van der Waals surface area contributed by atoms with Crippen molar-refractivity contribution in [2.24, 2.45) is 0 Å². The molecule has 0 radical (unpaired) electrons. The molecule has 3 nitrogen and oxygen atoms in total. The Hall–Kier alpha value is -1.67. The minimum absolute atomic E-state index is 0.142. The number of nitriles is 1. The summed E-state index contributed by atoms with van der Waals surface area (Å²) in [6.45, 7) is 2.35. The van der Waals surface area contributed by atoms with Crippen LogP contribution in [0.3, 0.4) is 0 Å². The summed E-state index contributed by atoms with van der Waals surface area (Å²) in [6, 6.07) is 14.3. The normalized spacial score (nSPS) is 10.6. The van der Waals surface area contributed by atoms with Crippen LogP contribution in [0.4, 0.5) is 0 Å². The highest BCUT2D eigenvalue weighted by Gasteiger charge is 2.08. The third-order valence-electron chi connectivity index (χ3n) is 2.83. The summed E-state index contributed by atoms with van der Waals surface area (Å²) in [6.07, 6.45) is 0. The van der Waals surface area contributed by atoms with Crippen LogP contribution in [0, 0.1) is 11.3 Å². The summed E-state index contributed by atoms with van der Waals surface area (Å²) in [4.78, 5) is 3.34. The number of aliphatic hydroxyl groups is 1. The maximum absolute atomic E-state index is 9.15. The van der Waals surface area contributed by atoms with Gasteiger partial charge in [-0.15, -0.1) is 11.3 Å². The Labute approximate surface area is 117 Å². The van der Waals surface area contributed by atoms with Crippen molar-refractivity contribution in [1.82, 2.24) is 4.90 Å². The topological polar surface area (TPSA) is 47.3 Å². The molecule has 1 N–H and O–H groups in total. The van der Waals surface area contributed by atoms with E-state index in [0.717, 1.165) is 18.0 Å². The molecule has 1 aromatic carbocycles. The third kappa shape index (κ3) is 4.18. The molecule has 0 saturated carbocycles. The van der Waals surface area contributed by atoms with Gasteiger partial charge in [-0.25, -0.2) is 0 Å². The highest BCUT2D eigenvalue weighted by molar-refractivity contribution is 7.10. The van der Waals surface area contributed by atoms with E-state index in [1.165, 1.54) is 5.56 Å². The molecule has 0 amide bonds. The van der Waals surface area contributed by atoms with Crippen molar-refractivity contribution in [3.8, 4) is 6.07 Å². The van der Waals surface area contributed by atoms with E-state index in [1.54, 1.807) is 11.3 Å². The Morgan fingerprint density at radius 3 is 2.63 bits per heavy atom. The first-order valence-corrected chi connectivity index (χ1v) is 7.04. The van der Waals surface area contributed by atoms with Crippen LogP contribution in [0.25, 0.3) is 0 Å². The highest BCUT2D eigenvalue weighted by Crippen LogP contribution is 2.17. The van der Waals surface area contributed by atoms with Crippen LogP contribution < -0.4 is 0 Å². The lowest BCUT2D eigenvalue weighted by atomic mass is 10.2. The van der Waals surface area contributed by atoms with E-state index in [0.29, 0.717) is 12.1 Å². The lowest BCUT2D eigenvalue weighted by Gasteiger charge is -2.20. The van der Waals surface area contributed by atoms with Crippen LogP contribution in [0.2, 0.25) is 0 Å². The Balaban J connectivity index is 2.02. The second-order valence-electron chi connectivity index (χ2n) is 4.33. The summed E-state index contributed by atoms with van der Waals surface area (Å²) in [5.74, 6) is 0. The van der Waals surface area contributed by atoms with E-state index in [9.17, 15) is 0 Å².